The molecule has 1 aliphatic carbocycles. The second-order valence-electron chi connectivity index (χ2n) is 4.00. The SMILES string of the molecule is C#CC.CC1/C=C\C=C/CC(C)CC1. The van der Waals surface area contributed by atoms with Gasteiger partial charge in [0.2, 0.25) is 0 Å². The molecule has 0 heteroatoms. The van der Waals surface area contributed by atoms with Gasteiger partial charge in [-0.1, -0.05) is 38.2 Å². The second kappa shape index (κ2) is 8.63. The molecule has 2 unspecified atom stereocenters. The molecule has 1 rings (SSSR count). The van der Waals surface area contributed by atoms with Crippen LogP contribution in [-0.4, -0.2) is 0 Å². The highest BCUT2D eigenvalue weighted by molar-refractivity contribution is 5.05. The van der Waals surface area contributed by atoms with Crippen LogP contribution in [0.15, 0.2) is 24.3 Å². The lowest BCUT2D eigenvalue weighted by molar-refractivity contribution is 0.476. The summed E-state index contributed by atoms with van der Waals surface area (Å²) in [5.74, 6) is 3.88. The first-order chi connectivity index (χ1) is 6.70. The number of allylic oxidation sites excluding steroid dienone is 4. The summed E-state index contributed by atoms with van der Waals surface area (Å²) < 4.78 is 0. The van der Waals surface area contributed by atoms with E-state index in [4.69, 9.17) is 0 Å². The fourth-order valence-corrected chi connectivity index (χ4v) is 1.40. The molecule has 1 aliphatic rings. The van der Waals surface area contributed by atoms with Crippen LogP contribution in [-0.2, 0) is 0 Å². The lowest BCUT2D eigenvalue weighted by atomic mass is 9.97. The van der Waals surface area contributed by atoms with Crippen LogP contribution in [0.5, 0.6) is 0 Å². The van der Waals surface area contributed by atoms with Crippen molar-refractivity contribution in [2.45, 2.75) is 40.0 Å². The van der Waals surface area contributed by atoms with Gasteiger partial charge in [-0.3, -0.25) is 0 Å². The molecule has 78 valence electrons. The molecule has 0 amide bonds. The second-order valence-corrected chi connectivity index (χ2v) is 4.00. The van der Waals surface area contributed by atoms with Crippen LogP contribution in [0.3, 0.4) is 0 Å². The third-order valence-corrected chi connectivity index (χ3v) is 2.34. The molecular weight excluding hydrogens is 168 g/mol. The average Bonchev–Trinajstić information content (AvgIpc) is 2.22. The summed E-state index contributed by atoms with van der Waals surface area (Å²) in [6.45, 7) is 6.28. The van der Waals surface area contributed by atoms with Crippen molar-refractivity contribution in [1.29, 1.82) is 0 Å². The first-order valence-electron chi connectivity index (χ1n) is 5.41. The topological polar surface area (TPSA) is 0 Å². The van der Waals surface area contributed by atoms with E-state index in [1.54, 1.807) is 6.92 Å². The quantitative estimate of drug-likeness (QED) is 0.502. The van der Waals surface area contributed by atoms with Gasteiger partial charge in [-0.15, -0.1) is 12.3 Å². The summed E-state index contributed by atoms with van der Waals surface area (Å²) in [7, 11) is 0. The van der Waals surface area contributed by atoms with E-state index < -0.39 is 0 Å². The van der Waals surface area contributed by atoms with E-state index in [1.165, 1.54) is 19.3 Å². The Morgan fingerprint density at radius 1 is 1.21 bits per heavy atom. The fourth-order valence-electron chi connectivity index (χ4n) is 1.40. The Hall–Kier alpha value is -0.960. The Labute approximate surface area is 89.1 Å². The fraction of sp³-hybridized carbons (Fsp3) is 0.571. The van der Waals surface area contributed by atoms with Crippen LogP contribution in [0.25, 0.3) is 0 Å². The van der Waals surface area contributed by atoms with Gasteiger partial charge in [-0.05, 0) is 38.0 Å². The maximum absolute atomic E-state index is 4.60. The molecule has 0 aliphatic heterocycles. The van der Waals surface area contributed by atoms with Crippen molar-refractivity contribution in [2.24, 2.45) is 11.8 Å². The lowest BCUT2D eigenvalue weighted by Crippen LogP contribution is -1.96. The van der Waals surface area contributed by atoms with Gasteiger partial charge in [0, 0.05) is 0 Å². The van der Waals surface area contributed by atoms with Gasteiger partial charge in [0.15, 0.2) is 0 Å². The maximum atomic E-state index is 4.60. The molecule has 0 saturated carbocycles. The van der Waals surface area contributed by atoms with Gasteiger partial charge in [0.1, 0.15) is 0 Å². The van der Waals surface area contributed by atoms with Gasteiger partial charge in [-0.25, -0.2) is 0 Å². The minimum absolute atomic E-state index is 0.764. The molecule has 0 saturated heterocycles. The van der Waals surface area contributed by atoms with Crippen LogP contribution in [0.4, 0.5) is 0 Å². The zero-order chi connectivity index (χ0) is 10.8. The molecule has 0 aromatic carbocycles. The third-order valence-electron chi connectivity index (χ3n) is 2.34. The minimum atomic E-state index is 0.764. The lowest BCUT2D eigenvalue weighted by Gasteiger charge is -2.09. The molecule has 0 nitrogen and oxygen atoms in total. The first kappa shape index (κ1) is 13.0. The summed E-state index contributed by atoms with van der Waals surface area (Å²) in [5, 5.41) is 0. The molecule has 14 heavy (non-hydrogen) atoms. The molecule has 2 atom stereocenters. The molecule has 0 heterocycles. The smallest absolute Gasteiger partial charge is 0.00297 e. The zero-order valence-corrected chi connectivity index (χ0v) is 9.66. The van der Waals surface area contributed by atoms with Crippen LogP contribution < -0.4 is 0 Å². The average molecular weight is 190 g/mol. The number of terminal acetylenes is 1. The van der Waals surface area contributed by atoms with E-state index in [1.807, 2.05) is 0 Å². The molecular formula is C14H22. The summed E-state index contributed by atoms with van der Waals surface area (Å²) in [6, 6.07) is 0. The predicted molar refractivity (Wildman–Crippen MR) is 65.0 cm³/mol. The summed E-state index contributed by atoms with van der Waals surface area (Å²) in [5.41, 5.74) is 0. The Morgan fingerprint density at radius 2 is 1.86 bits per heavy atom. The molecule has 0 spiro atoms. The standard InChI is InChI=1S/C11H18.C3H4/c1-10-6-4-3-5-7-11(2)9-8-10;1-3-2/h3-6,10-11H,7-9H2,1-2H3;1H,2H3/b5-3-,6-4-;. The maximum Gasteiger partial charge on any atom is -0.00297 e. The predicted octanol–water partition coefficient (Wildman–Crippen LogP) is 4.19. The van der Waals surface area contributed by atoms with E-state index >= 15 is 0 Å². The van der Waals surface area contributed by atoms with Gasteiger partial charge in [-0.2, -0.15) is 0 Å². The Bertz CT molecular complexity index is 215. The Balaban J connectivity index is 0.000000500. The number of hydrogen-bond donors (Lipinski definition) is 0. The van der Waals surface area contributed by atoms with Crippen LogP contribution in [0, 0.1) is 24.2 Å². The van der Waals surface area contributed by atoms with Crippen LogP contribution >= 0.6 is 0 Å². The van der Waals surface area contributed by atoms with Crippen molar-refractivity contribution in [3.05, 3.63) is 24.3 Å². The Kier molecular flexibility index (Phi) is 8.04. The van der Waals surface area contributed by atoms with Crippen molar-refractivity contribution in [1.82, 2.24) is 0 Å². The van der Waals surface area contributed by atoms with E-state index in [2.05, 4.69) is 50.5 Å². The van der Waals surface area contributed by atoms with Gasteiger partial charge >= 0.3 is 0 Å². The van der Waals surface area contributed by atoms with Gasteiger partial charge < -0.3 is 0 Å². The number of rotatable bonds is 0. The normalized spacial score (nSPS) is 30.7. The molecule has 0 aromatic heterocycles. The van der Waals surface area contributed by atoms with Crippen LogP contribution in [0.1, 0.15) is 40.0 Å². The highest BCUT2D eigenvalue weighted by atomic mass is 14.1. The summed E-state index contributed by atoms with van der Waals surface area (Å²) in [4.78, 5) is 0. The molecule has 0 fully saturated rings. The van der Waals surface area contributed by atoms with Crippen molar-refractivity contribution in [2.75, 3.05) is 0 Å². The van der Waals surface area contributed by atoms with Crippen LogP contribution in [0.2, 0.25) is 0 Å². The van der Waals surface area contributed by atoms with Crippen molar-refractivity contribution < 1.29 is 0 Å². The zero-order valence-electron chi connectivity index (χ0n) is 9.66. The molecule has 0 radical (unpaired) electrons. The van der Waals surface area contributed by atoms with E-state index in [0.29, 0.717) is 0 Å². The Morgan fingerprint density at radius 3 is 2.50 bits per heavy atom. The highest BCUT2D eigenvalue weighted by Crippen LogP contribution is 2.17. The van der Waals surface area contributed by atoms with E-state index in [-0.39, 0.29) is 0 Å². The number of hydrogen-bond acceptors (Lipinski definition) is 0. The first-order valence-corrected chi connectivity index (χ1v) is 5.41. The van der Waals surface area contributed by atoms with E-state index in [0.717, 1.165) is 11.8 Å². The largest absolute Gasteiger partial charge is 0.120 e. The third kappa shape index (κ3) is 7.68. The van der Waals surface area contributed by atoms with Gasteiger partial charge in [0.05, 0.1) is 0 Å². The summed E-state index contributed by atoms with van der Waals surface area (Å²) in [6.07, 6.45) is 17.5. The van der Waals surface area contributed by atoms with E-state index in [9.17, 15) is 0 Å². The van der Waals surface area contributed by atoms with Crippen molar-refractivity contribution in [3.8, 4) is 12.3 Å². The van der Waals surface area contributed by atoms with Gasteiger partial charge in [0.25, 0.3) is 0 Å². The molecule has 0 aromatic rings. The monoisotopic (exact) mass is 190 g/mol. The van der Waals surface area contributed by atoms with Crippen molar-refractivity contribution >= 4 is 0 Å². The highest BCUT2D eigenvalue weighted by Gasteiger charge is 2.03. The van der Waals surface area contributed by atoms with Crippen molar-refractivity contribution in [3.63, 3.8) is 0 Å². The minimum Gasteiger partial charge on any atom is -0.120 e. The molecule has 0 N–H and O–H groups in total. The molecule has 0 bridgehead atoms. The summed E-state index contributed by atoms with van der Waals surface area (Å²) >= 11 is 0.